The van der Waals surface area contributed by atoms with Gasteiger partial charge in [-0.25, -0.2) is 4.79 Å². The van der Waals surface area contributed by atoms with Gasteiger partial charge in [0.2, 0.25) is 5.91 Å². The fourth-order valence-corrected chi connectivity index (χ4v) is 4.44. The third-order valence-corrected chi connectivity index (χ3v) is 6.21. The molecule has 6 heteroatoms. The summed E-state index contributed by atoms with van der Waals surface area (Å²) in [6.07, 6.45) is 3.57. The largest absolute Gasteiger partial charge is 0.445 e. The van der Waals surface area contributed by atoms with E-state index < -0.39 is 11.6 Å². The minimum Gasteiger partial charge on any atom is -0.445 e. The smallest absolute Gasteiger partial charge is 0.408 e. The van der Waals surface area contributed by atoms with Crippen LogP contribution >= 0.6 is 0 Å². The summed E-state index contributed by atoms with van der Waals surface area (Å²) in [7, 11) is 0. The van der Waals surface area contributed by atoms with Gasteiger partial charge in [-0.3, -0.25) is 4.79 Å². The number of hydrogen-bond donors (Lipinski definition) is 3. The number of carbonyl (C=O) groups is 2. The summed E-state index contributed by atoms with van der Waals surface area (Å²) in [5.74, 6) is -0.140. The molecule has 0 aromatic heterocycles. The van der Waals surface area contributed by atoms with Crippen LogP contribution < -0.4 is 16.0 Å². The van der Waals surface area contributed by atoms with Crippen molar-refractivity contribution in [3.05, 3.63) is 78.4 Å². The van der Waals surface area contributed by atoms with E-state index in [2.05, 4.69) is 34.1 Å². The highest BCUT2D eigenvalue weighted by molar-refractivity contribution is 5.94. The molecule has 1 fully saturated rings. The van der Waals surface area contributed by atoms with Gasteiger partial charge in [0.15, 0.2) is 0 Å². The van der Waals surface area contributed by atoms with Gasteiger partial charge in [0.05, 0.1) is 0 Å². The molecule has 0 saturated heterocycles. The fraction of sp³-hybridized carbons (Fsp3) is 0.333. The van der Waals surface area contributed by atoms with E-state index in [1.165, 1.54) is 5.39 Å². The monoisotopic (exact) mass is 445 g/mol. The molecule has 1 saturated carbocycles. The van der Waals surface area contributed by atoms with Crippen LogP contribution in [0.1, 0.15) is 37.7 Å². The van der Waals surface area contributed by atoms with Crippen LogP contribution in [0.5, 0.6) is 0 Å². The summed E-state index contributed by atoms with van der Waals surface area (Å²) in [6, 6.07) is 23.9. The molecule has 1 aliphatic rings. The van der Waals surface area contributed by atoms with Crippen molar-refractivity contribution in [2.75, 3.05) is 18.4 Å². The van der Waals surface area contributed by atoms with Crippen LogP contribution in [0.2, 0.25) is 0 Å². The molecule has 0 unspecified atom stereocenters. The summed E-state index contributed by atoms with van der Waals surface area (Å²) in [6.45, 7) is 1.23. The molecule has 6 nitrogen and oxygen atoms in total. The first-order valence-electron chi connectivity index (χ1n) is 11.7. The molecule has 2 amide bonds. The van der Waals surface area contributed by atoms with Crippen molar-refractivity contribution in [1.82, 2.24) is 10.6 Å². The molecule has 3 aromatic carbocycles. The predicted octanol–water partition coefficient (Wildman–Crippen LogP) is 5.00. The Balaban J connectivity index is 1.31. The normalized spacial score (nSPS) is 14.9. The lowest BCUT2D eigenvalue weighted by molar-refractivity contribution is -0.128. The molecule has 0 atom stereocenters. The zero-order valence-corrected chi connectivity index (χ0v) is 18.8. The van der Waals surface area contributed by atoms with Crippen molar-refractivity contribution in [2.24, 2.45) is 0 Å². The van der Waals surface area contributed by atoms with Crippen molar-refractivity contribution in [2.45, 2.75) is 44.2 Å². The summed E-state index contributed by atoms with van der Waals surface area (Å²) in [5, 5.41) is 11.6. The first kappa shape index (κ1) is 22.6. The van der Waals surface area contributed by atoms with Crippen LogP contribution in [0.4, 0.5) is 10.5 Å². The van der Waals surface area contributed by atoms with Crippen LogP contribution in [0.3, 0.4) is 0 Å². The Morgan fingerprint density at radius 3 is 2.36 bits per heavy atom. The van der Waals surface area contributed by atoms with Crippen molar-refractivity contribution in [1.29, 1.82) is 0 Å². The standard InChI is InChI=1S/C27H31N3O3/c31-25(29-19-18-28-24-15-9-13-22-12-5-6-14-23(22)24)27(16-7-2-8-17-27)30-26(32)33-20-21-10-3-1-4-11-21/h1,3-6,9-15,28H,2,7-8,16-20H2,(H,29,31)(H,30,32). The van der Waals surface area contributed by atoms with Gasteiger partial charge in [-0.2, -0.15) is 0 Å². The molecule has 0 radical (unpaired) electrons. The van der Waals surface area contributed by atoms with Crippen molar-refractivity contribution in [3.8, 4) is 0 Å². The molecule has 0 heterocycles. The van der Waals surface area contributed by atoms with Crippen LogP contribution in [-0.2, 0) is 16.1 Å². The van der Waals surface area contributed by atoms with E-state index in [4.69, 9.17) is 4.74 Å². The summed E-state index contributed by atoms with van der Waals surface area (Å²) < 4.78 is 5.39. The number of nitrogens with one attached hydrogen (secondary N) is 3. The molecule has 3 aromatic rings. The lowest BCUT2D eigenvalue weighted by atomic mass is 9.81. The molecule has 4 rings (SSSR count). The fourth-order valence-electron chi connectivity index (χ4n) is 4.44. The second-order valence-corrected chi connectivity index (χ2v) is 8.54. The van der Waals surface area contributed by atoms with Crippen LogP contribution in [0.15, 0.2) is 72.8 Å². The molecule has 0 spiro atoms. The third kappa shape index (κ3) is 5.83. The second-order valence-electron chi connectivity index (χ2n) is 8.54. The van der Waals surface area contributed by atoms with E-state index in [1.807, 2.05) is 54.6 Å². The maximum atomic E-state index is 13.1. The molecule has 1 aliphatic carbocycles. The third-order valence-electron chi connectivity index (χ3n) is 6.21. The quantitative estimate of drug-likeness (QED) is 0.427. The lowest BCUT2D eigenvalue weighted by Crippen LogP contribution is -2.60. The zero-order valence-electron chi connectivity index (χ0n) is 18.8. The van der Waals surface area contributed by atoms with Crippen LogP contribution in [0.25, 0.3) is 10.8 Å². The van der Waals surface area contributed by atoms with Gasteiger partial charge in [0, 0.05) is 24.2 Å². The highest BCUT2D eigenvalue weighted by Crippen LogP contribution is 2.29. The number of anilines is 1. The molecule has 33 heavy (non-hydrogen) atoms. The van der Waals surface area contributed by atoms with Crippen molar-refractivity contribution in [3.63, 3.8) is 0 Å². The van der Waals surface area contributed by atoms with E-state index in [0.29, 0.717) is 25.9 Å². The van der Waals surface area contributed by atoms with E-state index in [0.717, 1.165) is 35.9 Å². The number of ether oxygens (including phenoxy) is 1. The average molecular weight is 446 g/mol. The average Bonchev–Trinajstić information content (AvgIpc) is 2.86. The van der Waals surface area contributed by atoms with Crippen molar-refractivity contribution >= 4 is 28.5 Å². The maximum Gasteiger partial charge on any atom is 0.408 e. The Labute approximate surface area is 194 Å². The lowest BCUT2D eigenvalue weighted by Gasteiger charge is -2.36. The highest BCUT2D eigenvalue weighted by atomic mass is 16.5. The number of hydrogen-bond acceptors (Lipinski definition) is 4. The SMILES string of the molecule is O=C(NC1(C(=O)NCCNc2cccc3ccccc23)CCCCC1)OCc1ccccc1. The van der Waals surface area contributed by atoms with Crippen LogP contribution in [-0.4, -0.2) is 30.6 Å². The maximum absolute atomic E-state index is 13.1. The Morgan fingerprint density at radius 2 is 1.55 bits per heavy atom. The number of fused-ring (bicyclic) bond motifs is 1. The number of amides is 2. The minimum atomic E-state index is -0.911. The zero-order chi connectivity index (χ0) is 22.9. The number of alkyl carbamates (subject to hydrolysis) is 1. The van der Waals surface area contributed by atoms with E-state index in [-0.39, 0.29) is 12.5 Å². The molecule has 172 valence electrons. The van der Waals surface area contributed by atoms with Gasteiger partial charge >= 0.3 is 6.09 Å². The molecule has 3 N–H and O–H groups in total. The van der Waals surface area contributed by atoms with Gasteiger partial charge < -0.3 is 20.7 Å². The topological polar surface area (TPSA) is 79.5 Å². The Bertz CT molecular complexity index is 1070. The molecular weight excluding hydrogens is 414 g/mol. The van der Waals surface area contributed by atoms with E-state index in [1.54, 1.807) is 0 Å². The van der Waals surface area contributed by atoms with Crippen LogP contribution in [0, 0.1) is 0 Å². The van der Waals surface area contributed by atoms with Gasteiger partial charge in [-0.15, -0.1) is 0 Å². The summed E-state index contributed by atoms with van der Waals surface area (Å²) >= 11 is 0. The van der Waals surface area contributed by atoms with E-state index in [9.17, 15) is 9.59 Å². The molecule has 0 aliphatic heterocycles. The summed E-state index contributed by atoms with van der Waals surface area (Å²) in [4.78, 5) is 25.7. The van der Waals surface area contributed by atoms with E-state index >= 15 is 0 Å². The number of benzene rings is 3. The molecular formula is C27H31N3O3. The Hall–Kier alpha value is -3.54. The Kier molecular flexibility index (Phi) is 7.45. The van der Waals surface area contributed by atoms with Gasteiger partial charge in [0.1, 0.15) is 12.1 Å². The second kappa shape index (κ2) is 10.9. The molecule has 0 bridgehead atoms. The predicted molar refractivity (Wildman–Crippen MR) is 131 cm³/mol. The van der Waals surface area contributed by atoms with Gasteiger partial charge in [0.25, 0.3) is 0 Å². The first-order chi connectivity index (χ1) is 16.2. The number of carbonyl (C=O) groups excluding carboxylic acids is 2. The minimum absolute atomic E-state index is 0.140. The van der Waals surface area contributed by atoms with Gasteiger partial charge in [-0.1, -0.05) is 86.0 Å². The van der Waals surface area contributed by atoms with Gasteiger partial charge in [-0.05, 0) is 29.9 Å². The van der Waals surface area contributed by atoms with Crippen molar-refractivity contribution < 1.29 is 14.3 Å². The highest BCUT2D eigenvalue weighted by Gasteiger charge is 2.41. The first-order valence-corrected chi connectivity index (χ1v) is 11.7. The summed E-state index contributed by atoms with van der Waals surface area (Å²) in [5.41, 5.74) is 1.04. The Morgan fingerprint density at radius 1 is 0.818 bits per heavy atom. The number of rotatable bonds is 8.